The van der Waals surface area contributed by atoms with Crippen molar-refractivity contribution in [1.82, 2.24) is 10.2 Å². The van der Waals surface area contributed by atoms with Gasteiger partial charge in [-0.05, 0) is 19.4 Å². The molecule has 1 aliphatic heterocycles. The van der Waals surface area contributed by atoms with Crippen LogP contribution in [0.2, 0.25) is 0 Å². The molecule has 1 aliphatic rings. The zero-order valence-electron chi connectivity index (χ0n) is 11.0. The molecule has 0 aromatic heterocycles. The van der Waals surface area contributed by atoms with E-state index in [-0.39, 0.29) is 11.8 Å². The molecule has 2 amide bonds. The first kappa shape index (κ1) is 13.2. The molecule has 0 radical (unpaired) electrons. The van der Waals surface area contributed by atoms with Crippen LogP contribution in [0.3, 0.4) is 0 Å². The van der Waals surface area contributed by atoms with E-state index in [0.29, 0.717) is 0 Å². The highest BCUT2D eigenvalue weighted by Gasteiger charge is 2.41. The summed E-state index contributed by atoms with van der Waals surface area (Å²) in [5.41, 5.74) is 0.766. The molecule has 0 bridgehead atoms. The molecule has 98 valence electrons. The van der Waals surface area contributed by atoms with E-state index in [2.05, 4.69) is 11.2 Å². The number of hydrogen-bond acceptors (Lipinski definition) is 2. The van der Waals surface area contributed by atoms with Crippen LogP contribution in [-0.4, -0.2) is 28.8 Å². The number of rotatable bonds is 2. The lowest BCUT2D eigenvalue weighted by Gasteiger charge is -2.40. The average Bonchev–Trinajstić information content (AvgIpc) is 2.42. The molecule has 0 spiro atoms. The van der Waals surface area contributed by atoms with E-state index in [0.717, 1.165) is 5.56 Å². The van der Waals surface area contributed by atoms with Gasteiger partial charge >= 0.3 is 0 Å². The van der Waals surface area contributed by atoms with Crippen LogP contribution >= 0.6 is 0 Å². The fraction of sp³-hybridized carbons (Fsp3) is 0.333. The molecule has 1 aromatic carbocycles. The summed E-state index contributed by atoms with van der Waals surface area (Å²) in [5, 5.41) is 2.69. The number of benzene rings is 1. The molecule has 3 unspecified atom stereocenters. The van der Waals surface area contributed by atoms with E-state index in [1.54, 1.807) is 13.8 Å². The van der Waals surface area contributed by atoms with E-state index in [4.69, 9.17) is 6.42 Å². The van der Waals surface area contributed by atoms with Crippen LogP contribution in [0.25, 0.3) is 0 Å². The molecule has 4 heteroatoms. The summed E-state index contributed by atoms with van der Waals surface area (Å²) in [6.45, 7) is 3.41. The van der Waals surface area contributed by atoms with Crippen LogP contribution in [0.1, 0.15) is 25.5 Å². The molecular formula is C15H16N2O2. The Balaban J connectivity index is 2.45. The zero-order valence-corrected chi connectivity index (χ0v) is 11.0. The fourth-order valence-corrected chi connectivity index (χ4v) is 2.27. The van der Waals surface area contributed by atoms with Crippen molar-refractivity contribution < 1.29 is 9.59 Å². The topological polar surface area (TPSA) is 49.4 Å². The number of carbonyl (C=O) groups excluding carboxylic acids is 2. The molecule has 0 aliphatic carbocycles. The van der Waals surface area contributed by atoms with Gasteiger partial charge in [0.1, 0.15) is 12.1 Å². The summed E-state index contributed by atoms with van der Waals surface area (Å²) < 4.78 is 0. The third-order valence-electron chi connectivity index (χ3n) is 3.28. The molecule has 2 rings (SSSR count). The second-order valence-corrected chi connectivity index (χ2v) is 4.63. The van der Waals surface area contributed by atoms with E-state index in [9.17, 15) is 9.59 Å². The summed E-state index contributed by atoms with van der Waals surface area (Å²) >= 11 is 0. The minimum absolute atomic E-state index is 0.154. The van der Waals surface area contributed by atoms with E-state index in [1.165, 1.54) is 4.90 Å². The number of nitrogens with zero attached hydrogens (tertiary/aromatic N) is 1. The molecule has 1 saturated heterocycles. The number of hydrogen-bond donors (Lipinski definition) is 1. The van der Waals surface area contributed by atoms with Gasteiger partial charge in [-0.15, -0.1) is 6.42 Å². The van der Waals surface area contributed by atoms with Crippen LogP contribution < -0.4 is 5.32 Å². The Morgan fingerprint density at radius 3 is 2.53 bits per heavy atom. The summed E-state index contributed by atoms with van der Waals surface area (Å²) in [5.74, 6) is 2.18. The molecule has 4 nitrogen and oxygen atoms in total. The molecule has 0 saturated carbocycles. The van der Waals surface area contributed by atoms with Crippen LogP contribution in [0, 0.1) is 12.3 Å². The Morgan fingerprint density at radius 1 is 1.32 bits per heavy atom. The lowest BCUT2D eigenvalue weighted by atomic mass is 9.98. The first-order valence-corrected chi connectivity index (χ1v) is 6.20. The molecular weight excluding hydrogens is 240 g/mol. The Kier molecular flexibility index (Phi) is 3.57. The molecule has 1 heterocycles. The van der Waals surface area contributed by atoms with Gasteiger partial charge in [-0.2, -0.15) is 0 Å². The fourth-order valence-electron chi connectivity index (χ4n) is 2.27. The lowest BCUT2D eigenvalue weighted by molar-refractivity contribution is -0.150. The maximum absolute atomic E-state index is 12.3. The highest BCUT2D eigenvalue weighted by Crippen LogP contribution is 2.27. The van der Waals surface area contributed by atoms with Gasteiger partial charge in [-0.3, -0.25) is 9.59 Å². The smallest absolute Gasteiger partial charge is 0.248 e. The second-order valence-electron chi connectivity index (χ2n) is 4.63. The number of piperazine rings is 1. The first-order valence-electron chi connectivity index (χ1n) is 6.20. The van der Waals surface area contributed by atoms with Crippen LogP contribution in [0.15, 0.2) is 30.3 Å². The Bertz CT molecular complexity index is 533. The number of terminal acetylenes is 1. The standard InChI is InChI=1S/C15H16N2O2/c1-4-10(2)17-13(12-8-6-5-7-9-12)14(18)16-11(3)15(17)19/h1,5-11,13H,2-3H3,(H,16,18). The van der Waals surface area contributed by atoms with Gasteiger partial charge in [-0.1, -0.05) is 36.3 Å². The van der Waals surface area contributed by atoms with Crippen molar-refractivity contribution in [3.63, 3.8) is 0 Å². The van der Waals surface area contributed by atoms with Gasteiger partial charge in [0, 0.05) is 0 Å². The summed E-state index contributed by atoms with van der Waals surface area (Å²) in [6, 6.07) is 7.57. The average molecular weight is 256 g/mol. The van der Waals surface area contributed by atoms with Gasteiger partial charge in [0.15, 0.2) is 0 Å². The SMILES string of the molecule is C#CC(C)N1C(=O)C(C)NC(=O)C1c1ccccc1. The van der Waals surface area contributed by atoms with Crippen molar-refractivity contribution in [3.05, 3.63) is 35.9 Å². The van der Waals surface area contributed by atoms with Crippen molar-refractivity contribution in [2.45, 2.75) is 32.0 Å². The summed E-state index contributed by atoms with van der Waals surface area (Å²) in [6.07, 6.45) is 5.42. The normalized spacial score (nSPS) is 24.6. The summed E-state index contributed by atoms with van der Waals surface area (Å²) in [4.78, 5) is 26.0. The zero-order chi connectivity index (χ0) is 14.0. The Labute approximate surface area is 112 Å². The lowest BCUT2D eigenvalue weighted by Crippen LogP contribution is -2.60. The predicted molar refractivity (Wildman–Crippen MR) is 71.9 cm³/mol. The minimum atomic E-state index is -0.657. The molecule has 3 atom stereocenters. The van der Waals surface area contributed by atoms with Gasteiger partial charge in [0.05, 0.1) is 6.04 Å². The van der Waals surface area contributed by atoms with E-state index < -0.39 is 18.1 Å². The third-order valence-corrected chi connectivity index (χ3v) is 3.28. The van der Waals surface area contributed by atoms with Gasteiger partial charge in [-0.25, -0.2) is 0 Å². The Hall–Kier alpha value is -2.28. The van der Waals surface area contributed by atoms with Crippen molar-refractivity contribution >= 4 is 11.8 Å². The largest absolute Gasteiger partial charge is 0.342 e. The highest BCUT2D eigenvalue weighted by molar-refractivity contribution is 5.97. The molecule has 1 N–H and O–H groups in total. The number of nitrogens with one attached hydrogen (secondary N) is 1. The van der Waals surface area contributed by atoms with Crippen LogP contribution in [0.4, 0.5) is 0 Å². The summed E-state index contributed by atoms with van der Waals surface area (Å²) in [7, 11) is 0. The minimum Gasteiger partial charge on any atom is -0.342 e. The van der Waals surface area contributed by atoms with Gasteiger partial charge < -0.3 is 10.2 Å². The van der Waals surface area contributed by atoms with E-state index in [1.807, 2.05) is 30.3 Å². The predicted octanol–water partition coefficient (Wildman–Crippen LogP) is 1.10. The number of amides is 2. The quantitative estimate of drug-likeness (QED) is 0.805. The monoisotopic (exact) mass is 256 g/mol. The molecule has 19 heavy (non-hydrogen) atoms. The van der Waals surface area contributed by atoms with Crippen molar-refractivity contribution in [2.24, 2.45) is 0 Å². The Morgan fingerprint density at radius 2 is 1.95 bits per heavy atom. The van der Waals surface area contributed by atoms with Crippen molar-refractivity contribution in [1.29, 1.82) is 0 Å². The second kappa shape index (κ2) is 5.15. The van der Waals surface area contributed by atoms with Gasteiger partial charge in [0.2, 0.25) is 11.8 Å². The van der Waals surface area contributed by atoms with E-state index >= 15 is 0 Å². The van der Waals surface area contributed by atoms with Gasteiger partial charge in [0.25, 0.3) is 0 Å². The van der Waals surface area contributed by atoms with Crippen molar-refractivity contribution in [3.8, 4) is 12.3 Å². The molecule has 1 fully saturated rings. The highest BCUT2D eigenvalue weighted by atomic mass is 16.2. The maximum atomic E-state index is 12.3. The molecule has 1 aromatic rings. The maximum Gasteiger partial charge on any atom is 0.248 e. The van der Waals surface area contributed by atoms with Crippen LogP contribution in [-0.2, 0) is 9.59 Å². The third kappa shape index (κ3) is 2.32. The van der Waals surface area contributed by atoms with Crippen LogP contribution in [0.5, 0.6) is 0 Å². The number of carbonyl (C=O) groups is 2. The first-order chi connectivity index (χ1) is 9.06. The van der Waals surface area contributed by atoms with Crippen molar-refractivity contribution in [2.75, 3.05) is 0 Å².